The summed E-state index contributed by atoms with van der Waals surface area (Å²) in [7, 11) is 1.69. The minimum atomic E-state index is 0.202. The predicted molar refractivity (Wildman–Crippen MR) is 120 cm³/mol. The van der Waals surface area contributed by atoms with Crippen molar-refractivity contribution in [2.75, 3.05) is 12.0 Å². The average molecular weight is 419 g/mol. The van der Waals surface area contributed by atoms with Crippen molar-refractivity contribution < 1.29 is 14.3 Å². The van der Waals surface area contributed by atoms with Crippen molar-refractivity contribution in [3.05, 3.63) is 60.1 Å². The van der Waals surface area contributed by atoms with Crippen molar-refractivity contribution in [2.24, 2.45) is 11.8 Å². The van der Waals surface area contributed by atoms with Crippen molar-refractivity contribution in [1.29, 1.82) is 0 Å². The number of hydrogen-bond donors (Lipinski definition) is 0. The lowest BCUT2D eigenvalue weighted by Gasteiger charge is -2.31. The molecule has 0 saturated heterocycles. The van der Waals surface area contributed by atoms with Crippen molar-refractivity contribution in [3.8, 4) is 11.5 Å². The Bertz CT molecular complexity index is 972. The van der Waals surface area contributed by atoms with Crippen LogP contribution in [-0.4, -0.2) is 24.0 Å². The molecule has 2 bridgehead atoms. The summed E-state index contributed by atoms with van der Waals surface area (Å²) in [6.45, 7) is 0.682. The molecular formula is C26H30N2O3. The summed E-state index contributed by atoms with van der Waals surface area (Å²) in [5.74, 6) is 3.27. The Hall–Kier alpha value is -2.82. The first-order valence-electron chi connectivity index (χ1n) is 11.4. The molecule has 3 atom stereocenters. The van der Waals surface area contributed by atoms with Gasteiger partial charge in [-0.25, -0.2) is 0 Å². The highest BCUT2D eigenvalue weighted by atomic mass is 16.5. The predicted octanol–water partition coefficient (Wildman–Crippen LogP) is 5.30. The van der Waals surface area contributed by atoms with E-state index in [-0.39, 0.29) is 11.9 Å². The van der Waals surface area contributed by atoms with Gasteiger partial charge in [-0.1, -0.05) is 0 Å². The minimum Gasteiger partial charge on any atom is -0.493 e. The molecule has 0 radical (unpaired) electrons. The first-order valence-corrected chi connectivity index (χ1v) is 11.4. The van der Waals surface area contributed by atoms with Crippen LogP contribution in [0.1, 0.15) is 50.5 Å². The van der Waals surface area contributed by atoms with Crippen LogP contribution < -0.4 is 14.4 Å². The van der Waals surface area contributed by atoms with E-state index < -0.39 is 0 Å². The lowest BCUT2D eigenvalue weighted by Crippen LogP contribution is -2.26. The Morgan fingerprint density at radius 3 is 2.65 bits per heavy atom. The second kappa shape index (κ2) is 8.74. The van der Waals surface area contributed by atoms with Crippen molar-refractivity contribution >= 4 is 11.5 Å². The minimum absolute atomic E-state index is 0.202. The smallest absolute Gasteiger partial charge is 0.163 e. The molecule has 0 amide bonds. The number of benzene rings is 1. The summed E-state index contributed by atoms with van der Waals surface area (Å²) in [4.78, 5) is 18.5. The van der Waals surface area contributed by atoms with Gasteiger partial charge < -0.3 is 14.4 Å². The van der Waals surface area contributed by atoms with Gasteiger partial charge in [0.15, 0.2) is 17.3 Å². The van der Waals surface area contributed by atoms with Crippen LogP contribution in [0, 0.1) is 11.8 Å². The second-order valence-corrected chi connectivity index (χ2v) is 9.06. The van der Waals surface area contributed by atoms with Crippen molar-refractivity contribution in [3.63, 3.8) is 0 Å². The highest BCUT2D eigenvalue weighted by Gasteiger charge is 2.41. The fourth-order valence-corrected chi connectivity index (χ4v) is 5.44. The van der Waals surface area contributed by atoms with Gasteiger partial charge >= 0.3 is 0 Å². The lowest BCUT2D eigenvalue weighted by molar-refractivity contribution is -0.115. The highest BCUT2D eigenvalue weighted by Crippen LogP contribution is 2.47. The molecule has 5 nitrogen and oxygen atoms in total. The van der Waals surface area contributed by atoms with Gasteiger partial charge in [-0.15, -0.1) is 0 Å². The molecule has 2 fully saturated rings. The Labute approximate surface area is 184 Å². The molecular weight excluding hydrogens is 388 g/mol. The molecule has 162 valence electrons. The van der Waals surface area contributed by atoms with Gasteiger partial charge in [0.05, 0.1) is 7.11 Å². The molecule has 1 heterocycles. The monoisotopic (exact) mass is 418 g/mol. The fourth-order valence-electron chi connectivity index (χ4n) is 5.44. The van der Waals surface area contributed by atoms with E-state index in [2.05, 4.69) is 22.0 Å². The van der Waals surface area contributed by atoms with E-state index >= 15 is 0 Å². The van der Waals surface area contributed by atoms with Crippen LogP contribution in [0.3, 0.4) is 0 Å². The number of allylic oxidation sites excluding steroid dienone is 2. The van der Waals surface area contributed by atoms with E-state index in [1.165, 1.54) is 19.3 Å². The second-order valence-electron chi connectivity index (χ2n) is 9.06. The summed E-state index contributed by atoms with van der Waals surface area (Å²) in [6, 6.07) is 10.2. The topological polar surface area (TPSA) is 51.7 Å². The molecule has 5 heteroatoms. The molecule has 31 heavy (non-hydrogen) atoms. The average Bonchev–Trinajstić information content (AvgIpc) is 3.41. The number of methoxy groups -OCH3 is 1. The third kappa shape index (κ3) is 4.32. The van der Waals surface area contributed by atoms with Gasteiger partial charge in [0.25, 0.3) is 0 Å². The van der Waals surface area contributed by atoms with Crippen molar-refractivity contribution in [2.45, 2.75) is 57.6 Å². The maximum atomic E-state index is 12.2. The van der Waals surface area contributed by atoms with Gasteiger partial charge in [-0.3, -0.25) is 9.78 Å². The van der Waals surface area contributed by atoms with Crippen LogP contribution >= 0.6 is 0 Å². The van der Waals surface area contributed by atoms with Gasteiger partial charge in [0, 0.05) is 48.9 Å². The van der Waals surface area contributed by atoms with E-state index in [1.54, 1.807) is 7.11 Å². The van der Waals surface area contributed by atoms with Crippen LogP contribution in [0.15, 0.2) is 54.5 Å². The number of aromatic nitrogens is 1. The van der Waals surface area contributed by atoms with E-state index in [1.807, 2.05) is 36.7 Å². The van der Waals surface area contributed by atoms with Gasteiger partial charge in [-0.05, 0) is 80.2 Å². The van der Waals surface area contributed by atoms with E-state index in [0.717, 1.165) is 53.6 Å². The zero-order valence-corrected chi connectivity index (χ0v) is 18.1. The summed E-state index contributed by atoms with van der Waals surface area (Å²) in [6.07, 6.45) is 13.2. The molecule has 1 aromatic heterocycles. The standard InChI is InChI=1S/C26H30N2O3/c1-30-24-8-7-22(16-26(24)31-25-14-19-5-6-20(25)13-19)28(17-18-9-11-27-12-10-18)21-3-2-4-23(29)15-21/h7-12,15-16,19-20,25H,2-6,13-14,17H2,1H3/t19-,20+,25+/m0/s1. The molecule has 2 aromatic rings. The molecule has 1 aromatic carbocycles. The first kappa shape index (κ1) is 20.1. The van der Waals surface area contributed by atoms with Crippen molar-refractivity contribution in [1.82, 2.24) is 4.98 Å². The third-order valence-corrected chi connectivity index (χ3v) is 7.03. The quantitative estimate of drug-likeness (QED) is 0.611. The number of pyridine rings is 1. The van der Waals surface area contributed by atoms with Gasteiger partial charge in [0.2, 0.25) is 0 Å². The van der Waals surface area contributed by atoms with Gasteiger partial charge in [0.1, 0.15) is 6.10 Å². The molecule has 5 rings (SSSR count). The van der Waals surface area contributed by atoms with Crippen LogP contribution in [0.25, 0.3) is 0 Å². The number of nitrogens with zero attached hydrogens (tertiary/aromatic N) is 2. The number of ketones is 1. The van der Waals surface area contributed by atoms with E-state index in [0.29, 0.717) is 18.9 Å². The third-order valence-electron chi connectivity index (χ3n) is 7.03. The summed E-state index contributed by atoms with van der Waals surface area (Å²) < 4.78 is 12.2. The first-order chi connectivity index (χ1) is 15.2. The molecule has 3 aliphatic carbocycles. The number of fused-ring (bicyclic) bond motifs is 2. The highest BCUT2D eigenvalue weighted by molar-refractivity contribution is 5.91. The fraction of sp³-hybridized carbons (Fsp3) is 0.462. The van der Waals surface area contributed by atoms with E-state index in [4.69, 9.17) is 9.47 Å². The number of carbonyl (C=O) groups excluding carboxylic acids is 1. The van der Waals surface area contributed by atoms with Crippen LogP contribution in [-0.2, 0) is 11.3 Å². The number of hydrogen-bond acceptors (Lipinski definition) is 5. The Kier molecular flexibility index (Phi) is 5.66. The Morgan fingerprint density at radius 2 is 1.94 bits per heavy atom. The zero-order chi connectivity index (χ0) is 21.2. The number of anilines is 1. The number of ether oxygens (including phenoxy) is 2. The maximum absolute atomic E-state index is 12.2. The maximum Gasteiger partial charge on any atom is 0.163 e. The molecule has 0 aliphatic heterocycles. The molecule has 2 saturated carbocycles. The van der Waals surface area contributed by atoms with Crippen LogP contribution in [0.4, 0.5) is 5.69 Å². The summed E-state index contributed by atoms with van der Waals surface area (Å²) in [5, 5.41) is 0. The normalized spacial score (nSPS) is 24.7. The SMILES string of the molecule is COc1ccc(N(Cc2ccncc2)C2=CC(=O)CCC2)cc1O[C@@H]1C[C@H]2CC[C@@H]1C2. The van der Waals surface area contributed by atoms with Crippen LogP contribution in [0.2, 0.25) is 0 Å². The largest absolute Gasteiger partial charge is 0.493 e. The molecule has 0 spiro atoms. The lowest BCUT2D eigenvalue weighted by atomic mass is 9.97. The van der Waals surface area contributed by atoms with E-state index in [9.17, 15) is 4.79 Å². The summed E-state index contributed by atoms with van der Waals surface area (Å²) >= 11 is 0. The molecule has 0 unspecified atom stereocenters. The molecule has 3 aliphatic rings. The van der Waals surface area contributed by atoms with Gasteiger partial charge in [-0.2, -0.15) is 0 Å². The number of rotatable bonds is 7. The molecule has 0 N–H and O–H groups in total. The Morgan fingerprint density at radius 1 is 1.06 bits per heavy atom. The zero-order valence-electron chi connectivity index (χ0n) is 18.1. The Balaban J connectivity index is 1.47. The van der Waals surface area contributed by atoms with Crippen LogP contribution in [0.5, 0.6) is 11.5 Å². The number of carbonyl (C=O) groups is 1. The summed E-state index contributed by atoms with van der Waals surface area (Å²) in [5.41, 5.74) is 3.24.